The lowest BCUT2D eigenvalue weighted by Gasteiger charge is -2.28. The molecule has 10 heteroatoms. The minimum absolute atomic E-state index is 0.120. The van der Waals surface area contributed by atoms with E-state index in [1.165, 1.54) is 0 Å². The summed E-state index contributed by atoms with van der Waals surface area (Å²) in [7, 11) is 0. The quantitative estimate of drug-likeness (QED) is 0.145. The van der Waals surface area contributed by atoms with Crippen LogP contribution in [-0.2, 0) is 14.3 Å². The highest BCUT2D eigenvalue weighted by Crippen LogP contribution is 2.48. The van der Waals surface area contributed by atoms with Crippen LogP contribution in [0.4, 0.5) is 4.79 Å². The minimum atomic E-state index is -0.851. The zero-order valence-corrected chi connectivity index (χ0v) is 27.0. The number of nitrogens with one attached hydrogen (secondary N) is 4. The van der Waals surface area contributed by atoms with E-state index in [2.05, 4.69) is 35.1 Å². The van der Waals surface area contributed by atoms with Crippen LogP contribution in [0, 0.1) is 5.92 Å². The summed E-state index contributed by atoms with van der Waals surface area (Å²) < 4.78 is 5.82. The van der Waals surface area contributed by atoms with E-state index in [1.807, 2.05) is 51.1 Å². The van der Waals surface area contributed by atoms with Crippen molar-refractivity contribution in [3.05, 3.63) is 52.6 Å². The number of amides is 3. The second-order valence-corrected chi connectivity index (χ2v) is 12.5. The highest BCUT2D eigenvalue weighted by molar-refractivity contribution is 5.88. The van der Waals surface area contributed by atoms with Crippen LogP contribution in [0.5, 0.6) is 0 Å². The van der Waals surface area contributed by atoms with E-state index < -0.39 is 12.3 Å². The molecule has 244 valence electrons. The monoisotopic (exact) mass is 612 g/mol. The number of rotatable bonds is 17. The van der Waals surface area contributed by atoms with Gasteiger partial charge in [0.25, 0.3) is 0 Å². The average molecular weight is 613 g/mol. The first-order valence-electron chi connectivity index (χ1n) is 16.1. The smallest absolute Gasteiger partial charge is 0.407 e. The number of carbonyl (C=O) groups excluding carboxylic acids is 3. The van der Waals surface area contributed by atoms with Crippen LogP contribution < -0.4 is 21.3 Å². The molecule has 0 aromatic heterocycles. The number of hydrogen-bond acceptors (Lipinski definition) is 7. The molecule has 3 rings (SSSR count). The SMILES string of the molecule is CCC(C)(CC)NC(=O)OCC1C2=C(C=CC(NC(=O)CCCC(=O)NCCO)C2)c2c(C(O)NCCC(C)C)cccc21. The predicted octanol–water partition coefficient (Wildman–Crippen LogP) is 4.19. The first-order valence-corrected chi connectivity index (χ1v) is 16.1. The highest BCUT2D eigenvalue weighted by atomic mass is 16.5. The number of hydrogen-bond donors (Lipinski definition) is 6. The number of fused-ring (bicyclic) bond motifs is 2. The summed E-state index contributed by atoms with van der Waals surface area (Å²) in [6.07, 6.45) is 6.53. The van der Waals surface area contributed by atoms with Crippen molar-refractivity contribution >= 4 is 23.5 Å². The molecule has 3 atom stereocenters. The summed E-state index contributed by atoms with van der Waals surface area (Å²) in [5.74, 6) is -0.0464. The lowest BCUT2D eigenvalue weighted by atomic mass is 9.89. The molecule has 0 saturated heterocycles. The second-order valence-electron chi connectivity index (χ2n) is 12.5. The van der Waals surface area contributed by atoms with Gasteiger partial charge in [-0.1, -0.05) is 58.0 Å². The molecule has 0 fully saturated rings. The van der Waals surface area contributed by atoms with Gasteiger partial charge in [-0.25, -0.2) is 4.79 Å². The fourth-order valence-electron chi connectivity index (χ4n) is 5.66. The molecule has 0 spiro atoms. The molecule has 3 unspecified atom stereocenters. The largest absolute Gasteiger partial charge is 0.449 e. The number of aliphatic hydroxyl groups excluding tert-OH is 2. The third-order valence-electron chi connectivity index (χ3n) is 8.76. The molecule has 0 bridgehead atoms. The summed E-state index contributed by atoms with van der Waals surface area (Å²) >= 11 is 0. The average Bonchev–Trinajstić information content (AvgIpc) is 3.31. The molecule has 0 aliphatic heterocycles. The molecule has 44 heavy (non-hydrogen) atoms. The van der Waals surface area contributed by atoms with Gasteiger partial charge in [-0.15, -0.1) is 0 Å². The lowest BCUT2D eigenvalue weighted by Crippen LogP contribution is -2.45. The molecule has 1 aromatic rings. The maximum atomic E-state index is 12.9. The van der Waals surface area contributed by atoms with Crippen LogP contribution in [0.2, 0.25) is 0 Å². The third-order valence-corrected chi connectivity index (χ3v) is 8.76. The predicted molar refractivity (Wildman–Crippen MR) is 172 cm³/mol. The molecule has 2 aliphatic rings. The number of carbonyl (C=O) groups is 3. The summed E-state index contributed by atoms with van der Waals surface area (Å²) in [4.78, 5) is 37.4. The van der Waals surface area contributed by atoms with Crippen molar-refractivity contribution in [3.8, 4) is 0 Å². The first-order chi connectivity index (χ1) is 21.0. The number of benzene rings is 1. The van der Waals surface area contributed by atoms with Crippen molar-refractivity contribution in [2.24, 2.45) is 5.92 Å². The Morgan fingerprint density at radius 2 is 1.82 bits per heavy atom. The molecular formula is C34H52N4O6. The fraction of sp³-hybridized carbons (Fsp3) is 0.618. The summed E-state index contributed by atoms with van der Waals surface area (Å²) in [5.41, 5.74) is 4.41. The van der Waals surface area contributed by atoms with Crippen LogP contribution in [0.3, 0.4) is 0 Å². The van der Waals surface area contributed by atoms with Gasteiger partial charge in [-0.05, 0) is 73.8 Å². The maximum Gasteiger partial charge on any atom is 0.407 e. The first kappa shape index (κ1) is 35.3. The van der Waals surface area contributed by atoms with Crippen molar-refractivity contribution in [1.29, 1.82) is 0 Å². The van der Waals surface area contributed by atoms with Crippen molar-refractivity contribution < 1.29 is 29.3 Å². The molecule has 2 aliphatic carbocycles. The Morgan fingerprint density at radius 3 is 2.50 bits per heavy atom. The van der Waals surface area contributed by atoms with E-state index >= 15 is 0 Å². The van der Waals surface area contributed by atoms with Crippen molar-refractivity contribution in [1.82, 2.24) is 21.3 Å². The number of aliphatic hydroxyl groups is 2. The zero-order valence-electron chi connectivity index (χ0n) is 27.0. The van der Waals surface area contributed by atoms with Crippen molar-refractivity contribution in [2.75, 3.05) is 26.3 Å². The molecule has 6 N–H and O–H groups in total. The van der Waals surface area contributed by atoms with Gasteiger partial charge in [0, 0.05) is 36.4 Å². The van der Waals surface area contributed by atoms with Gasteiger partial charge in [0.15, 0.2) is 0 Å². The van der Waals surface area contributed by atoms with E-state index in [0.29, 0.717) is 25.3 Å². The Bertz CT molecular complexity index is 1210. The van der Waals surface area contributed by atoms with E-state index in [9.17, 15) is 19.5 Å². The molecular weight excluding hydrogens is 560 g/mol. The summed E-state index contributed by atoms with van der Waals surface area (Å²) in [6.45, 7) is 11.3. The summed E-state index contributed by atoms with van der Waals surface area (Å²) in [6, 6.07) is 5.63. The van der Waals surface area contributed by atoms with E-state index in [-0.39, 0.29) is 61.9 Å². The molecule has 0 saturated carbocycles. The van der Waals surface area contributed by atoms with Gasteiger partial charge in [-0.3, -0.25) is 14.9 Å². The van der Waals surface area contributed by atoms with Crippen LogP contribution in [0.1, 0.15) is 108 Å². The van der Waals surface area contributed by atoms with Gasteiger partial charge >= 0.3 is 6.09 Å². The Morgan fingerprint density at radius 1 is 1.09 bits per heavy atom. The molecule has 3 amide bonds. The maximum absolute atomic E-state index is 12.9. The number of allylic oxidation sites excluding steroid dienone is 2. The van der Waals surface area contributed by atoms with Gasteiger partial charge in [-0.2, -0.15) is 0 Å². The van der Waals surface area contributed by atoms with Gasteiger partial charge in [0.2, 0.25) is 11.8 Å². The van der Waals surface area contributed by atoms with E-state index in [4.69, 9.17) is 9.84 Å². The molecule has 0 heterocycles. The van der Waals surface area contributed by atoms with Crippen molar-refractivity contribution in [3.63, 3.8) is 0 Å². The number of ether oxygens (including phenoxy) is 1. The normalized spacial score (nSPS) is 18.1. The Hall–Kier alpha value is -3.21. The Labute approximate surface area is 262 Å². The third kappa shape index (κ3) is 9.64. The molecule has 10 nitrogen and oxygen atoms in total. The topological polar surface area (TPSA) is 149 Å². The van der Waals surface area contributed by atoms with Gasteiger partial charge in [0.05, 0.1) is 12.6 Å². The fourth-order valence-corrected chi connectivity index (χ4v) is 5.66. The Balaban J connectivity index is 1.77. The molecule has 0 radical (unpaired) electrons. The van der Waals surface area contributed by atoms with Gasteiger partial charge < -0.3 is 30.9 Å². The summed E-state index contributed by atoms with van der Waals surface area (Å²) in [5, 5.41) is 31.9. The van der Waals surface area contributed by atoms with E-state index in [1.54, 1.807) is 0 Å². The number of alkyl carbamates (subject to hydrolysis) is 1. The lowest BCUT2D eigenvalue weighted by molar-refractivity contribution is -0.122. The highest BCUT2D eigenvalue weighted by Gasteiger charge is 2.37. The standard InChI is InChI=1S/C34H52N4O6/c1-6-34(5,7-2)38-33(43)44-21-28-24-10-8-11-26(32(42)36-17-16-22(3)4)31(24)25-15-14-23(20-27(25)28)37-30(41)13-9-12-29(40)35-18-19-39/h8,10-11,14-15,22-23,28,32,36,39,42H,6-7,9,12-13,16-21H2,1-5H3,(H,35,40)(H,37,41)(H,38,43). The minimum Gasteiger partial charge on any atom is -0.449 e. The van der Waals surface area contributed by atoms with Crippen LogP contribution >= 0.6 is 0 Å². The van der Waals surface area contributed by atoms with Crippen molar-refractivity contribution in [2.45, 2.75) is 103 Å². The Kier molecular flexibility index (Phi) is 13.4. The zero-order chi connectivity index (χ0) is 32.3. The van der Waals surface area contributed by atoms with Crippen LogP contribution in [-0.4, -0.2) is 66.0 Å². The second kappa shape index (κ2) is 16.7. The molecule has 1 aromatic carbocycles. The van der Waals surface area contributed by atoms with Gasteiger partial charge in [0.1, 0.15) is 12.8 Å². The van der Waals surface area contributed by atoms with Crippen LogP contribution in [0.25, 0.3) is 5.57 Å². The van der Waals surface area contributed by atoms with Crippen LogP contribution in [0.15, 0.2) is 35.9 Å². The van der Waals surface area contributed by atoms with E-state index in [0.717, 1.165) is 47.1 Å².